The molecule has 27 heavy (non-hydrogen) atoms. The summed E-state index contributed by atoms with van der Waals surface area (Å²) < 4.78 is 0. The molecule has 0 atom stereocenters. The highest BCUT2D eigenvalue weighted by Crippen LogP contribution is 2.28. The van der Waals surface area contributed by atoms with Crippen LogP contribution in [0.15, 0.2) is 73.2 Å². The molecule has 5 nitrogen and oxygen atoms in total. The van der Waals surface area contributed by atoms with Gasteiger partial charge in [0.15, 0.2) is 0 Å². The number of hydrogen-bond donors (Lipinski definition) is 2. The van der Waals surface area contributed by atoms with Crippen LogP contribution in [-0.4, -0.2) is 28.0 Å². The molecule has 0 saturated carbocycles. The summed E-state index contributed by atoms with van der Waals surface area (Å²) in [6, 6.07) is 18.4. The van der Waals surface area contributed by atoms with E-state index in [0.29, 0.717) is 6.54 Å². The first-order valence-corrected chi connectivity index (χ1v) is 9.06. The van der Waals surface area contributed by atoms with Gasteiger partial charge in [0.25, 0.3) is 0 Å². The van der Waals surface area contributed by atoms with Crippen LogP contribution < -0.4 is 11.1 Å². The van der Waals surface area contributed by atoms with Crippen molar-refractivity contribution in [3.63, 3.8) is 0 Å². The average Bonchev–Trinajstić information content (AvgIpc) is 2.74. The molecule has 5 heteroatoms. The number of nitrogens with zero attached hydrogens (tertiary/aromatic N) is 3. The number of anilines is 1. The van der Waals surface area contributed by atoms with E-state index in [0.717, 1.165) is 52.1 Å². The van der Waals surface area contributed by atoms with Crippen LogP contribution in [0.4, 0.5) is 5.82 Å². The molecule has 4 rings (SSSR count). The van der Waals surface area contributed by atoms with Crippen molar-refractivity contribution in [1.29, 1.82) is 0 Å². The van der Waals surface area contributed by atoms with Crippen molar-refractivity contribution in [1.82, 2.24) is 15.0 Å². The minimum absolute atomic E-state index is 0.651. The molecule has 3 aromatic heterocycles. The summed E-state index contributed by atoms with van der Waals surface area (Å²) in [5, 5.41) is 4.42. The summed E-state index contributed by atoms with van der Waals surface area (Å²) in [5.74, 6) is 0.848. The Labute approximate surface area is 158 Å². The average molecular weight is 355 g/mol. The van der Waals surface area contributed by atoms with E-state index in [9.17, 15) is 0 Å². The standard InChI is InChI=1S/C22H21N5/c23-10-3-13-26-22-19-5-2-12-25-21(19)14-20(27-22)17-8-6-16(7-9-17)18-4-1-11-24-15-18/h1-2,4-9,11-12,14-15H,3,10,13,23H2,(H,26,27). The number of pyridine rings is 3. The van der Waals surface area contributed by atoms with E-state index in [4.69, 9.17) is 10.7 Å². The fourth-order valence-corrected chi connectivity index (χ4v) is 3.03. The van der Waals surface area contributed by atoms with E-state index in [1.807, 2.05) is 30.5 Å². The van der Waals surface area contributed by atoms with Crippen molar-refractivity contribution in [3.05, 3.63) is 73.2 Å². The largest absolute Gasteiger partial charge is 0.369 e. The first kappa shape index (κ1) is 17.1. The fourth-order valence-electron chi connectivity index (χ4n) is 3.03. The predicted octanol–water partition coefficient (Wildman–Crippen LogP) is 4.12. The summed E-state index contributed by atoms with van der Waals surface area (Å²) in [5.41, 5.74) is 10.7. The maximum atomic E-state index is 5.61. The summed E-state index contributed by atoms with van der Waals surface area (Å²) in [6.07, 6.45) is 6.35. The van der Waals surface area contributed by atoms with E-state index in [-0.39, 0.29) is 0 Å². The van der Waals surface area contributed by atoms with Crippen LogP contribution in [0, 0.1) is 0 Å². The zero-order chi connectivity index (χ0) is 18.5. The lowest BCUT2D eigenvalue weighted by atomic mass is 10.0. The SMILES string of the molecule is NCCCNc1nc(-c2ccc(-c3cccnc3)cc2)cc2ncccc12. The smallest absolute Gasteiger partial charge is 0.136 e. The third-order valence-corrected chi connectivity index (χ3v) is 4.45. The first-order chi connectivity index (χ1) is 13.3. The normalized spacial score (nSPS) is 10.9. The molecule has 0 aliphatic carbocycles. The molecule has 0 unspecified atom stereocenters. The number of fused-ring (bicyclic) bond motifs is 1. The molecule has 0 spiro atoms. The van der Waals surface area contributed by atoms with Crippen LogP contribution in [0.1, 0.15) is 6.42 Å². The van der Waals surface area contributed by atoms with Crippen molar-refractivity contribution >= 4 is 16.7 Å². The Balaban J connectivity index is 1.70. The minimum Gasteiger partial charge on any atom is -0.369 e. The molecule has 0 fully saturated rings. The summed E-state index contributed by atoms with van der Waals surface area (Å²) in [7, 11) is 0. The van der Waals surface area contributed by atoms with Crippen molar-refractivity contribution in [2.75, 3.05) is 18.4 Å². The van der Waals surface area contributed by atoms with E-state index in [1.165, 1.54) is 0 Å². The van der Waals surface area contributed by atoms with Crippen molar-refractivity contribution in [2.24, 2.45) is 5.73 Å². The Morgan fingerprint density at radius 2 is 1.70 bits per heavy atom. The van der Waals surface area contributed by atoms with Gasteiger partial charge in [-0.1, -0.05) is 30.3 Å². The Bertz CT molecular complexity index is 1030. The van der Waals surface area contributed by atoms with Crippen LogP contribution in [-0.2, 0) is 0 Å². The van der Waals surface area contributed by atoms with Crippen LogP contribution in [0.25, 0.3) is 33.3 Å². The molecular formula is C22H21N5. The van der Waals surface area contributed by atoms with Gasteiger partial charge >= 0.3 is 0 Å². The second kappa shape index (κ2) is 7.93. The number of rotatable bonds is 6. The molecule has 3 N–H and O–H groups in total. The van der Waals surface area contributed by atoms with Gasteiger partial charge in [0.1, 0.15) is 5.82 Å². The van der Waals surface area contributed by atoms with Crippen LogP contribution >= 0.6 is 0 Å². The van der Waals surface area contributed by atoms with E-state index >= 15 is 0 Å². The van der Waals surface area contributed by atoms with Gasteiger partial charge in [-0.2, -0.15) is 0 Å². The van der Waals surface area contributed by atoms with E-state index in [1.54, 1.807) is 12.4 Å². The molecule has 3 heterocycles. The van der Waals surface area contributed by atoms with E-state index in [2.05, 4.69) is 45.6 Å². The Hall–Kier alpha value is -3.31. The molecular weight excluding hydrogens is 334 g/mol. The minimum atomic E-state index is 0.651. The van der Waals surface area contributed by atoms with Crippen molar-refractivity contribution in [3.8, 4) is 22.4 Å². The third kappa shape index (κ3) is 3.78. The summed E-state index contributed by atoms with van der Waals surface area (Å²) >= 11 is 0. The van der Waals surface area contributed by atoms with Gasteiger partial charge in [0.2, 0.25) is 0 Å². The highest BCUT2D eigenvalue weighted by Gasteiger charge is 2.09. The lowest BCUT2D eigenvalue weighted by Gasteiger charge is -2.11. The highest BCUT2D eigenvalue weighted by molar-refractivity contribution is 5.92. The molecule has 0 aliphatic rings. The third-order valence-electron chi connectivity index (χ3n) is 4.45. The Morgan fingerprint density at radius 3 is 2.48 bits per heavy atom. The monoisotopic (exact) mass is 355 g/mol. The number of benzene rings is 1. The quantitative estimate of drug-likeness (QED) is 0.509. The highest BCUT2D eigenvalue weighted by atomic mass is 15.0. The number of nitrogens with one attached hydrogen (secondary N) is 1. The molecule has 0 bridgehead atoms. The number of aromatic nitrogens is 3. The van der Waals surface area contributed by atoms with Gasteiger partial charge in [0, 0.05) is 36.1 Å². The zero-order valence-electron chi connectivity index (χ0n) is 15.0. The Morgan fingerprint density at radius 1 is 0.889 bits per heavy atom. The van der Waals surface area contributed by atoms with Gasteiger partial charge < -0.3 is 11.1 Å². The second-order valence-electron chi connectivity index (χ2n) is 6.31. The van der Waals surface area contributed by atoms with Gasteiger partial charge in [-0.15, -0.1) is 0 Å². The first-order valence-electron chi connectivity index (χ1n) is 9.06. The molecule has 4 aromatic rings. The maximum absolute atomic E-state index is 5.61. The number of nitrogens with two attached hydrogens (primary N) is 1. The molecule has 0 aliphatic heterocycles. The van der Waals surface area contributed by atoms with Gasteiger partial charge in [-0.3, -0.25) is 9.97 Å². The molecule has 1 aromatic carbocycles. The van der Waals surface area contributed by atoms with Gasteiger partial charge in [-0.05, 0) is 48.4 Å². The van der Waals surface area contributed by atoms with Gasteiger partial charge in [-0.25, -0.2) is 4.98 Å². The zero-order valence-corrected chi connectivity index (χ0v) is 15.0. The van der Waals surface area contributed by atoms with Gasteiger partial charge in [0.05, 0.1) is 11.2 Å². The molecule has 0 saturated heterocycles. The summed E-state index contributed by atoms with van der Waals surface area (Å²) in [6.45, 7) is 1.44. The van der Waals surface area contributed by atoms with Crippen molar-refractivity contribution in [2.45, 2.75) is 6.42 Å². The van der Waals surface area contributed by atoms with Crippen LogP contribution in [0.2, 0.25) is 0 Å². The topological polar surface area (TPSA) is 76.7 Å². The number of hydrogen-bond acceptors (Lipinski definition) is 5. The summed E-state index contributed by atoms with van der Waals surface area (Å²) in [4.78, 5) is 13.5. The van der Waals surface area contributed by atoms with E-state index < -0.39 is 0 Å². The molecule has 134 valence electrons. The fraction of sp³-hybridized carbons (Fsp3) is 0.136. The lowest BCUT2D eigenvalue weighted by molar-refractivity contribution is 0.871. The van der Waals surface area contributed by atoms with Crippen LogP contribution in [0.3, 0.4) is 0 Å². The maximum Gasteiger partial charge on any atom is 0.136 e. The Kier molecular flexibility index (Phi) is 5.03. The van der Waals surface area contributed by atoms with Crippen molar-refractivity contribution < 1.29 is 0 Å². The second-order valence-corrected chi connectivity index (χ2v) is 6.31. The molecule has 0 amide bonds. The lowest BCUT2D eigenvalue weighted by Crippen LogP contribution is -2.10. The molecule has 0 radical (unpaired) electrons. The predicted molar refractivity (Wildman–Crippen MR) is 110 cm³/mol. The van der Waals surface area contributed by atoms with Crippen LogP contribution in [0.5, 0.6) is 0 Å².